The van der Waals surface area contributed by atoms with E-state index < -0.39 is 0 Å². The number of hydrogen-bond acceptors (Lipinski definition) is 6. The lowest BCUT2D eigenvalue weighted by Crippen LogP contribution is -1.97. The molecule has 0 unspecified atom stereocenters. The van der Waals surface area contributed by atoms with Crippen LogP contribution in [-0.2, 0) is 6.54 Å². The fraction of sp³-hybridized carbons (Fsp3) is 0.0588. The van der Waals surface area contributed by atoms with Gasteiger partial charge in [0.05, 0.1) is 16.8 Å². The zero-order chi connectivity index (χ0) is 16.5. The fourth-order valence-corrected chi connectivity index (χ4v) is 4.31. The van der Waals surface area contributed by atoms with Crippen LogP contribution in [0.3, 0.4) is 0 Å². The molecule has 2 heterocycles. The maximum atomic E-state index is 5.86. The highest BCUT2D eigenvalue weighted by Crippen LogP contribution is 2.32. The maximum Gasteiger partial charge on any atom is 0.183 e. The van der Waals surface area contributed by atoms with Gasteiger partial charge >= 0.3 is 0 Å². The van der Waals surface area contributed by atoms with Crippen molar-refractivity contribution in [2.45, 2.75) is 6.54 Å². The van der Waals surface area contributed by atoms with Crippen LogP contribution in [0.1, 0.15) is 4.88 Å². The topological polar surface area (TPSA) is 63.8 Å². The number of thiazole rings is 2. The van der Waals surface area contributed by atoms with Gasteiger partial charge in [-0.1, -0.05) is 23.7 Å². The van der Waals surface area contributed by atoms with Gasteiger partial charge in [0.1, 0.15) is 5.01 Å². The molecular weight excluding hydrogens is 360 g/mol. The minimum Gasteiger partial charge on any atom is -0.399 e. The standard InChI is InChI=1S/C17H13ClN4S2/c18-17-21-9-13(23-17)8-20-12-3-1-2-10(6-12)16-22-14-5-4-11(19)7-15(14)24-16/h1-7,9,20H,8,19H2. The third kappa shape index (κ3) is 3.21. The summed E-state index contributed by atoms with van der Waals surface area (Å²) in [5, 5.41) is 4.38. The number of anilines is 2. The zero-order valence-corrected chi connectivity index (χ0v) is 14.9. The Kier molecular flexibility index (Phi) is 4.10. The van der Waals surface area contributed by atoms with E-state index in [9.17, 15) is 0 Å². The molecule has 2 aromatic carbocycles. The number of halogens is 1. The molecule has 120 valence electrons. The number of fused-ring (bicyclic) bond motifs is 1. The SMILES string of the molecule is Nc1ccc2nc(-c3cccc(NCc4cnc(Cl)s4)c3)sc2c1. The summed E-state index contributed by atoms with van der Waals surface area (Å²) in [6.45, 7) is 0.699. The Morgan fingerprint density at radius 3 is 2.88 bits per heavy atom. The molecule has 0 fully saturated rings. The Labute approximate surface area is 152 Å². The van der Waals surface area contributed by atoms with E-state index in [1.54, 1.807) is 17.5 Å². The molecule has 0 bridgehead atoms. The number of nitrogens with zero attached hydrogens (tertiary/aromatic N) is 2. The van der Waals surface area contributed by atoms with Gasteiger partial charge in [-0.2, -0.15) is 0 Å². The Morgan fingerprint density at radius 1 is 1.12 bits per heavy atom. The molecule has 4 nitrogen and oxygen atoms in total. The number of benzene rings is 2. The van der Waals surface area contributed by atoms with E-state index in [1.165, 1.54) is 11.3 Å². The van der Waals surface area contributed by atoms with Crippen molar-refractivity contribution in [1.82, 2.24) is 9.97 Å². The van der Waals surface area contributed by atoms with Crippen molar-refractivity contribution in [1.29, 1.82) is 0 Å². The Morgan fingerprint density at radius 2 is 2.04 bits per heavy atom. The zero-order valence-electron chi connectivity index (χ0n) is 12.5. The number of nitrogens with two attached hydrogens (primary N) is 1. The van der Waals surface area contributed by atoms with Crippen molar-refractivity contribution in [3.63, 3.8) is 0 Å². The van der Waals surface area contributed by atoms with Crippen LogP contribution in [0.5, 0.6) is 0 Å². The molecule has 4 aromatic rings. The minimum absolute atomic E-state index is 0.564. The highest BCUT2D eigenvalue weighted by Gasteiger charge is 2.07. The Hall–Kier alpha value is -2.15. The molecule has 0 saturated heterocycles. The molecular formula is C17H13ClN4S2. The molecule has 0 spiro atoms. The monoisotopic (exact) mass is 372 g/mol. The average molecular weight is 373 g/mol. The molecule has 0 saturated carbocycles. The average Bonchev–Trinajstić information content (AvgIpc) is 3.19. The molecule has 2 aromatic heterocycles. The number of nitrogen functional groups attached to an aromatic ring is 1. The Balaban J connectivity index is 1.58. The summed E-state index contributed by atoms with van der Waals surface area (Å²) in [5.74, 6) is 0. The lowest BCUT2D eigenvalue weighted by atomic mass is 10.2. The summed E-state index contributed by atoms with van der Waals surface area (Å²) in [5.41, 5.74) is 9.71. The van der Waals surface area contributed by atoms with Crippen molar-refractivity contribution >= 4 is 55.9 Å². The van der Waals surface area contributed by atoms with Crippen molar-refractivity contribution in [3.8, 4) is 10.6 Å². The first-order chi connectivity index (χ1) is 11.7. The van der Waals surface area contributed by atoms with E-state index in [1.807, 2.05) is 30.3 Å². The summed E-state index contributed by atoms with van der Waals surface area (Å²) in [6, 6.07) is 14.0. The third-order valence-corrected chi connectivity index (χ3v) is 5.70. The van der Waals surface area contributed by atoms with Gasteiger partial charge in [0.15, 0.2) is 4.47 Å². The minimum atomic E-state index is 0.564. The molecule has 0 aliphatic carbocycles. The number of rotatable bonds is 4. The second-order valence-electron chi connectivity index (χ2n) is 5.26. The maximum absolute atomic E-state index is 5.86. The van der Waals surface area contributed by atoms with Crippen molar-refractivity contribution in [2.24, 2.45) is 0 Å². The predicted octanol–water partition coefficient (Wildman–Crippen LogP) is 5.27. The lowest BCUT2D eigenvalue weighted by Gasteiger charge is -2.05. The normalized spacial score (nSPS) is 11.0. The molecule has 0 amide bonds. The molecule has 0 radical (unpaired) electrons. The van der Waals surface area contributed by atoms with E-state index in [2.05, 4.69) is 22.4 Å². The van der Waals surface area contributed by atoms with Crippen LogP contribution in [0.25, 0.3) is 20.8 Å². The summed E-state index contributed by atoms with van der Waals surface area (Å²) < 4.78 is 1.66. The van der Waals surface area contributed by atoms with Crippen LogP contribution in [0.15, 0.2) is 48.7 Å². The second-order valence-corrected chi connectivity index (χ2v) is 7.99. The molecule has 3 N–H and O–H groups in total. The second kappa shape index (κ2) is 6.39. The summed E-state index contributed by atoms with van der Waals surface area (Å²) >= 11 is 8.99. The number of aromatic nitrogens is 2. The highest BCUT2D eigenvalue weighted by molar-refractivity contribution is 7.21. The quantitative estimate of drug-likeness (QED) is 0.479. The van der Waals surface area contributed by atoms with Gasteiger partial charge in [-0.15, -0.1) is 22.7 Å². The van der Waals surface area contributed by atoms with Gasteiger partial charge in [-0.3, -0.25) is 0 Å². The first-order valence-electron chi connectivity index (χ1n) is 7.28. The molecule has 0 aliphatic heterocycles. The van der Waals surface area contributed by atoms with Crippen LogP contribution in [0.2, 0.25) is 4.47 Å². The Bertz CT molecular complexity index is 1010. The smallest absolute Gasteiger partial charge is 0.183 e. The van der Waals surface area contributed by atoms with E-state index in [4.69, 9.17) is 22.3 Å². The van der Waals surface area contributed by atoms with E-state index in [0.29, 0.717) is 11.0 Å². The van der Waals surface area contributed by atoms with E-state index >= 15 is 0 Å². The van der Waals surface area contributed by atoms with Crippen molar-refractivity contribution in [3.05, 3.63) is 58.0 Å². The summed E-state index contributed by atoms with van der Waals surface area (Å²) in [6.07, 6.45) is 1.79. The number of hydrogen-bond donors (Lipinski definition) is 2. The van der Waals surface area contributed by atoms with Gasteiger partial charge in [-0.25, -0.2) is 9.97 Å². The van der Waals surface area contributed by atoms with Crippen LogP contribution in [0, 0.1) is 0 Å². The molecule has 0 atom stereocenters. The molecule has 7 heteroatoms. The van der Waals surface area contributed by atoms with Gasteiger partial charge in [0, 0.05) is 28.0 Å². The molecule has 4 rings (SSSR count). The van der Waals surface area contributed by atoms with Gasteiger partial charge in [0.2, 0.25) is 0 Å². The van der Waals surface area contributed by atoms with Crippen molar-refractivity contribution in [2.75, 3.05) is 11.1 Å². The van der Waals surface area contributed by atoms with Gasteiger partial charge in [-0.05, 0) is 30.3 Å². The highest BCUT2D eigenvalue weighted by atomic mass is 35.5. The van der Waals surface area contributed by atoms with Gasteiger partial charge in [0.25, 0.3) is 0 Å². The number of nitrogens with one attached hydrogen (secondary N) is 1. The fourth-order valence-electron chi connectivity index (χ4n) is 2.38. The third-order valence-electron chi connectivity index (χ3n) is 3.51. The van der Waals surface area contributed by atoms with Crippen LogP contribution in [-0.4, -0.2) is 9.97 Å². The lowest BCUT2D eigenvalue weighted by molar-refractivity contribution is 1.17. The summed E-state index contributed by atoms with van der Waals surface area (Å²) in [7, 11) is 0. The first kappa shape index (κ1) is 15.4. The molecule has 0 aliphatic rings. The molecule has 24 heavy (non-hydrogen) atoms. The van der Waals surface area contributed by atoms with Gasteiger partial charge < -0.3 is 11.1 Å². The van der Waals surface area contributed by atoms with Crippen LogP contribution in [0.4, 0.5) is 11.4 Å². The first-order valence-corrected chi connectivity index (χ1v) is 9.29. The summed E-state index contributed by atoms with van der Waals surface area (Å²) in [4.78, 5) is 9.85. The predicted molar refractivity (Wildman–Crippen MR) is 104 cm³/mol. The van der Waals surface area contributed by atoms with E-state index in [0.717, 1.165) is 37.0 Å². The van der Waals surface area contributed by atoms with E-state index in [-0.39, 0.29) is 0 Å². The van der Waals surface area contributed by atoms with Crippen LogP contribution < -0.4 is 11.1 Å². The largest absolute Gasteiger partial charge is 0.399 e. The van der Waals surface area contributed by atoms with Crippen LogP contribution >= 0.6 is 34.3 Å². The van der Waals surface area contributed by atoms with Crippen molar-refractivity contribution < 1.29 is 0 Å².